The Morgan fingerprint density at radius 2 is 1.43 bits per heavy atom. The van der Waals surface area contributed by atoms with E-state index in [9.17, 15) is 31.2 Å². The summed E-state index contributed by atoms with van der Waals surface area (Å²) in [4.78, 5) is 26.7. The van der Waals surface area contributed by atoms with Gasteiger partial charge in [0.05, 0.1) is 15.2 Å². The van der Waals surface area contributed by atoms with Crippen LogP contribution >= 0.6 is 0 Å². The molecule has 202 valence electrons. The largest absolute Gasteiger partial charge is 0.416 e. The van der Waals surface area contributed by atoms with Crippen LogP contribution in [0.2, 0.25) is 0 Å². The minimum absolute atomic E-state index is 0.0107. The standard InChI is InChI=1S/C28H34F3NO4S/c1-26(2,3)18-24(33)19-9-11-20(12-10-19)25(34)32-15-13-21(14-16-32)27(4,5)37(35,36)23-8-6-7-22(17-23)28(29,30)31/h6-12,17,21H,13-16,18H2,1-5H3. The van der Waals surface area contributed by atoms with Crippen LogP contribution in [-0.4, -0.2) is 42.8 Å². The number of rotatable bonds is 6. The number of benzene rings is 2. The molecule has 37 heavy (non-hydrogen) atoms. The summed E-state index contributed by atoms with van der Waals surface area (Å²) in [6.07, 6.45) is -3.44. The first-order valence-electron chi connectivity index (χ1n) is 12.3. The van der Waals surface area contributed by atoms with Crippen molar-refractivity contribution >= 4 is 21.5 Å². The molecule has 0 aromatic heterocycles. The molecule has 3 rings (SSSR count). The van der Waals surface area contributed by atoms with Gasteiger partial charge in [0.15, 0.2) is 15.6 Å². The Morgan fingerprint density at radius 1 is 0.892 bits per heavy atom. The van der Waals surface area contributed by atoms with Gasteiger partial charge in [-0.25, -0.2) is 8.42 Å². The van der Waals surface area contributed by atoms with Gasteiger partial charge in [0.2, 0.25) is 0 Å². The number of carbonyl (C=O) groups is 2. The first kappa shape index (κ1) is 28.9. The summed E-state index contributed by atoms with van der Waals surface area (Å²) < 4.78 is 64.8. The SMILES string of the molecule is CC(C)(C)CC(=O)c1ccc(C(=O)N2CCC(C(C)(C)S(=O)(=O)c3cccc(C(F)(F)F)c3)CC2)cc1. The van der Waals surface area contributed by atoms with Gasteiger partial charge in [0.1, 0.15) is 0 Å². The molecule has 0 spiro atoms. The van der Waals surface area contributed by atoms with Crippen LogP contribution in [0.15, 0.2) is 53.4 Å². The Labute approximate surface area is 217 Å². The van der Waals surface area contributed by atoms with Gasteiger partial charge in [0, 0.05) is 30.6 Å². The molecule has 5 nitrogen and oxygen atoms in total. The fourth-order valence-corrected chi connectivity index (χ4v) is 6.53. The van der Waals surface area contributed by atoms with E-state index in [4.69, 9.17) is 0 Å². The van der Waals surface area contributed by atoms with Crippen molar-refractivity contribution in [3.63, 3.8) is 0 Å². The van der Waals surface area contributed by atoms with Gasteiger partial charge in [-0.3, -0.25) is 9.59 Å². The summed E-state index contributed by atoms with van der Waals surface area (Å²) in [5.41, 5.74) is -0.151. The van der Waals surface area contributed by atoms with Gasteiger partial charge >= 0.3 is 6.18 Å². The second-order valence-corrected chi connectivity index (χ2v) is 14.0. The Bertz CT molecular complexity index is 1250. The maximum atomic E-state index is 13.4. The molecule has 0 N–H and O–H groups in total. The predicted octanol–water partition coefficient (Wildman–Crippen LogP) is 6.43. The number of ketones is 1. The molecular weight excluding hydrogens is 503 g/mol. The Balaban J connectivity index is 1.69. The summed E-state index contributed by atoms with van der Waals surface area (Å²) in [5.74, 6) is -0.531. The Kier molecular flexibility index (Phi) is 7.99. The molecule has 0 unspecified atom stereocenters. The van der Waals surface area contributed by atoms with E-state index in [1.807, 2.05) is 20.8 Å². The van der Waals surface area contributed by atoms with Crippen molar-refractivity contribution in [2.75, 3.05) is 13.1 Å². The van der Waals surface area contributed by atoms with Crippen molar-refractivity contribution < 1.29 is 31.2 Å². The fraction of sp³-hybridized carbons (Fsp3) is 0.500. The van der Waals surface area contributed by atoms with Crippen LogP contribution in [0.3, 0.4) is 0 Å². The number of alkyl halides is 3. The first-order chi connectivity index (χ1) is 16.9. The quantitative estimate of drug-likeness (QED) is 0.398. The molecule has 0 aliphatic carbocycles. The van der Waals surface area contributed by atoms with E-state index < -0.39 is 26.3 Å². The van der Waals surface area contributed by atoms with E-state index in [0.29, 0.717) is 49.5 Å². The molecule has 1 aliphatic rings. The fourth-order valence-electron chi connectivity index (χ4n) is 4.71. The molecule has 2 aromatic rings. The predicted molar refractivity (Wildman–Crippen MR) is 136 cm³/mol. The highest BCUT2D eigenvalue weighted by atomic mass is 32.2. The third-order valence-corrected chi connectivity index (χ3v) is 9.67. The average molecular weight is 538 g/mol. The Morgan fingerprint density at radius 3 is 1.95 bits per heavy atom. The second kappa shape index (κ2) is 10.2. The highest BCUT2D eigenvalue weighted by Crippen LogP contribution is 2.39. The highest BCUT2D eigenvalue weighted by molar-refractivity contribution is 7.92. The van der Waals surface area contributed by atoms with Gasteiger partial charge in [-0.1, -0.05) is 39.0 Å². The van der Waals surface area contributed by atoms with Crippen molar-refractivity contribution in [2.24, 2.45) is 11.3 Å². The molecule has 1 aliphatic heterocycles. The molecule has 1 fully saturated rings. The molecule has 1 amide bonds. The first-order valence-corrected chi connectivity index (χ1v) is 13.8. The van der Waals surface area contributed by atoms with Crippen molar-refractivity contribution in [3.05, 3.63) is 65.2 Å². The number of piperidine rings is 1. The molecular formula is C28H34F3NO4S. The van der Waals surface area contributed by atoms with Crippen LogP contribution in [0.4, 0.5) is 13.2 Å². The molecule has 9 heteroatoms. The zero-order chi connectivity index (χ0) is 27.8. The number of likely N-dealkylation sites (tertiary alicyclic amines) is 1. The van der Waals surface area contributed by atoms with E-state index in [1.165, 1.54) is 19.9 Å². The maximum absolute atomic E-state index is 13.4. The summed E-state index contributed by atoms with van der Waals surface area (Å²) in [6.45, 7) is 9.69. The van der Waals surface area contributed by atoms with Crippen LogP contribution in [0, 0.1) is 11.3 Å². The van der Waals surface area contributed by atoms with Gasteiger partial charge in [-0.05, 0) is 68.4 Å². The molecule has 0 saturated carbocycles. The zero-order valence-electron chi connectivity index (χ0n) is 21.9. The number of sulfone groups is 1. The average Bonchev–Trinajstić information content (AvgIpc) is 2.82. The smallest absolute Gasteiger partial charge is 0.339 e. The second-order valence-electron chi connectivity index (χ2n) is 11.4. The van der Waals surface area contributed by atoms with Crippen LogP contribution in [0.1, 0.15) is 80.2 Å². The third-order valence-electron chi connectivity index (χ3n) is 7.07. The van der Waals surface area contributed by atoms with Gasteiger partial charge in [-0.15, -0.1) is 0 Å². The highest BCUT2D eigenvalue weighted by Gasteiger charge is 2.45. The van der Waals surface area contributed by atoms with E-state index in [0.717, 1.165) is 12.1 Å². The summed E-state index contributed by atoms with van der Waals surface area (Å²) in [6, 6.07) is 10.4. The number of nitrogens with zero attached hydrogens (tertiary/aromatic N) is 1. The van der Waals surface area contributed by atoms with E-state index in [-0.39, 0.29) is 27.9 Å². The van der Waals surface area contributed by atoms with Gasteiger partial charge in [0.25, 0.3) is 5.91 Å². The van der Waals surface area contributed by atoms with E-state index >= 15 is 0 Å². The van der Waals surface area contributed by atoms with E-state index in [1.54, 1.807) is 29.2 Å². The lowest BCUT2D eigenvalue weighted by Crippen LogP contribution is -2.47. The number of hydrogen-bond acceptors (Lipinski definition) is 4. The van der Waals surface area contributed by atoms with Crippen molar-refractivity contribution in [2.45, 2.75) is 69.7 Å². The van der Waals surface area contributed by atoms with Crippen molar-refractivity contribution in [3.8, 4) is 0 Å². The monoisotopic (exact) mass is 537 g/mol. The number of carbonyl (C=O) groups excluding carboxylic acids is 2. The topological polar surface area (TPSA) is 71.5 Å². The van der Waals surface area contributed by atoms with Gasteiger partial charge < -0.3 is 4.90 Å². The number of Topliss-reactive ketones (excluding diaryl/α,β-unsaturated/α-hetero) is 1. The molecule has 0 bridgehead atoms. The van der Waals surface area contributed by atoms with Crippen LogP contribution in [0.25, 0.3) is 0 Å². The molecule has 2 aromatic carbocycles. The van der Waals surface area contributed by atoms with Gasteiger partial charge in [-0.2, -0.15) is 13.2 Å². The van der Waals surface area contributed by atoms with Crippen LogP contribution in [0.5, 0.6) is 0 Å². The molecule has 0 radical (unpaired) electrons. The molecule has 1 saturated heterocycles. The Hall–Kier alpha value is -2.68. The molecule has 0 atom stereocenters. The zero-order valence-corrected chi connectivity index (χ0v) is 22.7. The summed E-state index contributed by atoms with van der Waals surface area (Å²) >= 11 is 0. The molecule has 1 heterocycles. The normalized spacial score (nSPS) is 16.1. The minimum Gasteiger partial charge on any atom is -0.339 e. The van der Waals surface area contributed by atoms with E-state index in [2.05, 4.69) is 0 Å². The van der Waals surface area contributed by atoms with Crippen molar-refractivity contribution in [1.29, 1.82) is 0 Å². The maximum Gasteiger partial charge on any atom is 0.416 e. The summed E-state index contributed by atoms with van der Waals surface area (Å²) in [5, 5.41) is 0. The summed E-state index contributed by atoms with van der Waals surface area (Å²) in [7, 11) is -4.07. The van der Waals surface area contributed by atoms with Crippen molar-refractivity contribution in [1.82, 2.24) is 4.90 Å². The lowest BCUT2D eigenvalue weighted by molar-refractivity contribution is -0.137. The number of amides is 1. The lowest BCUT2D eigenvalue weighted by atomic mass is 9.85. The van der Waals surface area contributed by atoms with Crippen LogP contribution in [-0.2, 0) is 16.0 Å². The lowest BCUT2D eigenvalue weighted by Gasteiger charge is -2.40. The van der Waals surface area contributed by atoms with Crippen LogP contribution < -0.4 is 0 Å². The third kappa shape index (κ3) is 6.43. The number of hydrogen-bond donors (Lipinski definition) is 0. The minimum atomic E-state index is -4.64. The number of halogens is 3.